The van der Waals surface area contributed by atoms with Crippen molar-refractivity contribution in [2.24, 2.45) is 11.8 Å². The van der Waals surface area contributed by atoms with Crippen LogP contribution in [0.25, 0.3) is 0 Å². The summed E-state index contributed by atoms with van der Waals surface area (Å²) in [4.78, 5) is 72.4. The average Bonchev–Trinajstić information content (AvgIpc) is 3.55. The minimum atomic E-state index is -4.95. The number of unbranched alkanes of at least 4 members (excludes halogenated alkanes) is 38. The molecule has 0 aromatic carbocycles. The SMILES string of the molecule is CCCCCCCCCCCCCC(=O)OC[C@H](COP(=O)(O)OC[C@@H](O)COP(=O)(O)OC[C@@H](COC(=O)CCCCCCCCC(C)C)OC(=O)CCCCCCCCCCCC)OC(=O)CCCCCCCCCCCCCCCCCC(C)C. The Bertz CT molecular complexity index is 1720. The highest BCUT2D eigenvalue weighted by molar-refractivity contribution is 7.47. The molecule has 0 saturated carbocycles. The number of hydrogen-bond donors (Lipinski definition) is 3. The summed E-state index contributed by atoms with van der Waals surface area (Å²) < 4.78 is 68.2. The van der Waals surface area contributed by atoms with Crippen LogP contribution in [0.4, 0.5) is 0 Å². The first kappa shape index (κ1) is 86.1. The highest BCUT2D eigenvalue weighted by atomic mass is 31.2. The fourth-order valence-electron chi connectivity index (χ4n) is 10.4. The summed E-state index contributed by atoms with van der Waals surface area (Å²) in [6, 6.07) is 0. The molecule has 0 saturated heterocycles. The third-order valence-electron chi connectivity index (χ3n) is 16.0. The number of aliphatic hydroxyl groups is 1. The maximum absolute atomic E-state index is 13.0. The van der Waals surface area contributed by atoms with E-state index in [0.717, 1.165) is 102 Å². The Morgan fingerprint density at radius 2 is 0.523 bits per heavy atom. The van der Waals surface area contributed by atoms with Gasteiger partial charge < -0.3 is 33.8 Å². The molecule has 0 radical (unpaired) electrons. The van der Waals surface area contributed by atoms with E-state index in [1.54, 1.807) is 0 Å². The summed E-state index contributed by atoms with van der Waals surface area (Å²) in [5.41, 5.74) is 0. The van der Waals surface area contributed by atoms with Gasteiger partial charge in [0, 0.05) is 25.7 Å². The van der Waals surface area contributed by atoms with Crippen molar-refractivity contribution in [1.29, 1.82) is 0 Å². The number of carbonyl (C=O) groups excluding carboxylic acids is 4. The molecule has 3 N–H and O–H groups in total. The summed E-state index contributed by atoms with van der Waals surface area (Å²) in [6.45, 7) is 9.47. The molecule has 522 valence electrons. The molecule has 88 heavy (non-hydrogen) atoms. The summed E-state index contributed by atoms with van der Waals surface area (Å²) in [5.74, 6) is -0.645. The number of esters is 4. The van der Waals surface area contributed by atoms with Crippen LogP contribution in [-0.4, -0.2) is 96.7 Å². The lowest BCUT2D eigenvalue weighted by Gasteiger charge is -2.21. The Morgan fingerprint density at radius 1 is 0.307 bits per heavy atom. The van der Waals surface area contributed by atoms with Crippen molar-refractivity contribution in [3.8, 4) is 0 Å². The lowest BCUT2D eigenvalue weighted by molar-refractivity contribution is -0.161. The van der Waals surface area contributed by atoms with Gasteiger partial charge in [0.2, 0.25) is 0 Å². The van der Waals surface area contributed by atoms with E-state index in [9.17, 15) is 43.2 Å². The van der Waals surface area contributed by atoms with Crippen molar-refractivity contribution in [1.82, 2.24) is 0 Å². The first-order valence-electron chi connectivity index (χ1n) is 36.0. The maximum atomic E-state index is 13.0. The zero-order valence-electron chi connectivity index (χ0n) is 57.0. The van der Waals surface area contributed by atoms with Gasteiger partial charge in [-0.1, -0.05) is 298 Å². The van der Waals surface area contributed by atoms with Crippen molar-refractivity contribution < 1.29 is 80.2 Å². The molecule has 0 aliphatic heterocycles. The maximum Gasteiger partial charge on any atom is 0.472 e. The number of ether oxygens (including phenoxy) is 4. The number of rotatable bonds is 68. The third kappa shape index (κ3) is 62.8. The number of phosphoric ester groups is 2. The molecule has 0 heterocycles. The highest BCUT2D eigenvalue weighted by Crippen LogP contribution is 2.45. The Hall–Kier alpha value is -1.94. The summed E-state index contributed by atoms with van der Waals surface area (Å²) in [5, 5.41) is 10.6. The second-order valence-corrected chi connectivity index (χ2v) is 28.8. The monoisotopic (exact) mass is 1300 g/mol. The Balaban J connectivity index is 5.20. The second kappa shape index (κ2) is 61.3. The molecular formula is C69H134O17P2. The average molecular weight is 1300 g/mol. The van der Waals surface area contributed by atoms with Gasteiger partial charge in [0.1, 0.15) is 19.3 Å². The molecule has 0 spiro atoms. The molecule has 2 unspecified atom stereocenters. The van der Waals surface area contributed by atoms with E-state index in [4.69, 9.17) is 37.0 Å². The summed E-state index contributed by atoms with van der Waals surface area (Å²) in [6.07, 6.45) is 45.9. The Labute approximate surface area is 537 Å². The predicted molar refractivity (Wildman–Crippen MR) is 354 cm³/mol. The highest BCUT2D eigenvalue weighted by Gasteiger charge is 2.30. The Kier molecular flexibility index (Phi) is 59.9. The van der Waals surface area contributed by atoms with Gasteiger partial charge in [0.25, 0.3) is 0 Å². The van der Waals surface area contributed by atoms with E-state index in [0.29, 0.717) is 31.6 Å². The number of aliphatic hydroxyl groups excluding tert-OH is 1. The molecule has 0 aromatic heterocycles. The van der Waals surface area contributed by atoms with Crippen LogP contribution < -0.4 is 0 Å². The zero-order valence-corrected chi connectivity index (χ0v) is 58.8. The molecule has 19 heteroatoms. The molecule has 0 rings (SSSR count). The molecule has 0 fully saturated rings. The molecule has 0 aromatic rings. The van der Waals surface area contributed by atoms with E-state index in [1.807, 2.05) is 0 Å². The molecular weight excluding hydrogens is 1160 g/mol. The van der Waals surface area contributed by atoms with Crippen molar-refractivity contribution in [3.05, 3.63) is 0 Å². The first-order valence-corrected chi connectivity index (χ1v) is 39.0. The lowest BCUT2D eigenvalue weighted by atomic mass is 10.0. The topological polar surface area (TPSA) is 237 Å². The van der Waals surface area contributed by atoms with E-state index >= 15 is 0 Å². The number of phosphoric acid groups is 2. The zero-order chi connectivity index (χ0) is 65.0. The van der Waals surface area contributed by atoms with Crippen LogP contribution >= 0.6 is 15.6 Å². The van der Waals surface area contributed by atoms with Crippen LogP contribution in [0.1, 0.15) is 350 Å². The molecule has 0 bridgehead atoms. The van der Waals surface area contributed by atoms with Crippen molar-refractivity contribution >= 4 is 39.5 Å². The number of hydrogen-bond acceptors (Lipinski definition) is 15. The van der Waals surface area contributed by atoms with Gasteiger partial charge >= 0.3 is 39.5 Å². The van der Waals surface area contributed by atoms with E-state index in [1.165, 1.54) is 161 Å². The van der Waals surface area contributed by atoms with E-state index in [-0.39, 0.29) is 25.7 Å². The van der Waals surface area contributed by atoms with E-state index < -0.39 is 97.5 Å². The van der Waals surface area contributed by atoms with Gasteiger partial charge in [0.15, 0.2) is 12.2 Å². The minimum Gasteiger partial charge on any atom is -0.462 e. The van der Waals surface area contributed by atoms with Gasteiger partial charge in [-0.2, -0.15) is 0 Å². The normalized spacial score (nSPS) is 14.2. The smallest absolute Gasteiger partial charge is 0.462 e. The minimum absolute atomic E-state index is 0.105. The molecule has 5 atom stereocenters. The van der Waals surface area contributed by atoms with Gasteiger partial charge in [-0.15, -0.1) is 0 Å². The standard InChI is InChI=1S/C69H134O17P2/c1-7-9-11-13-15-17-24-29-32-39-45-51-66(71)79-57-64(85-69(74)54-48-42-34-30-26-23-21-19-20-22-25-27-31-37-43-49-61(3)4)59-83-87(75,76)81-55-63(70)56-82-88(77,78)84-60-65(58-80-67(72)52-46-40-36-35-38-44-50-62(5)6)86-68(73)53-47-41-33-28-18-16-14-12-10-8-2/h61-65,70H,7-60H2,1-6H3,(H,75,76)(H,77,78)/t63-,64-,65-/m1/s1. The largest absolute Gasteiger partial charge is 0.472 e. The van der Waals surface area contributed by atoms with Crippen molar-refractivity contribution in [3.63, 3.8) is 0 Å². The number of carbonyl (C=O) groups is 4. The third-order valence-corrected chi connectivity index (χ3v) is 17.9. The summed E-state index contributed by atoms with van der Waals surface area (Å²) in [7, 11) is -9.89. The first-order chi connectivity index (χ1) is 42.4. The van der Waals surface area contributed by atoms with Crippen LogP contribution in [0, 0.1) is 11.8 Å². The van der Waals surface area contributed by atoms with Crippen molar-refractivity contribution in [2.75, 3.05) is 39.6 Å². The van der Waals surface area contributed by atoms with Crippen LogP contribution in [0.3, 0.4) is 0 Å². The fourth-order valence-corrected chi connectivity index (χ4v) is 12.0. The van der Waals surface area contributed by atoms with Gasteiger partial charge in [-0.25, -0.2) is 9.13 Å². The Morgan fingerprint density at radius 3 is 0.773 bits per heavy atom. The molecule has 0 amide bonds. The van der Waals surface area contributed by atoms with Gasteiger partial charge in [0.05, 0.1) is 26.4 Å². The molecule has 0 aliphatic carbocycles. The molecule has 0 aliphatic rings. The lowest BCUT2D eigenvalue weighted by Crippen LogP contribution is -2.30. The predicted octanol–water partition coefficient (Wildman–Crippen LogP) is 19.6. The van der Waals surface area contributed by atoms with Gasteiger partial charge in [-0.05, 0) is 37.5 Å². The van der Waals surface area contributed by atoms with Gasteiger partial charge in [-0.3, -0.25) is 37.3 Å². The van der Waals surface area contributed by atoms with Crippen LogP contribution in [-0.2, 0) is 65.4 Å². The van der Waals surface area contributed by atoms with Crippen LogP contribution in [0.5, 0.6) is 0 Å². The van der Waals surface area contributed by atoms with Crippen LogP contribution in [0.2, 0.25) is 0 Å². The summed E-state index contributed by atoms with van der Waals surface area (Å²) >= 11 is 0. The second-order valence-electron chi connectivity index (χ2n) is 25.9. The quantitative estimate of drug-likeness (QED) is 0.0222. The molecule has 17 nitrogen and oxygen atoms in total. The van der Waals surface area contributed by atoms with E-state index in [2.05, 4.69) is 41.5 Å². The van der Waals surface area contributed by atoms with Crippen LogP contribution in [0.15, 0.2) is 0 Å². The van der Waals surface area contributed by atoms with Crippen molar-refractivity contribution in [2.45, 2.75) is 368 Å². The fraction of sp³-hybridized carbons (Fsp3) is 0.942.